The number of phenolic OH excluding ortho intramolecular Hbond substituents is 1. The van der Waals surface area contributed by atoms with Crippen molar-refractivity contribution in [3.05, 3.63) is 53.1 Å². The molecule has 1 heterocycles. The Bertz CT molecular complexity index is 789. The van der Waals surface area contributed by atoms with Gasteiger partial charge in [0.15, 0.2) is 0 Å². The first kappa shape index (κ1) is 20.5. The van der Waals surface area contributed by atoms with E-state index < -0.39 is 0 Å². The zero-order valence-electron chi connectivity index (χ0n) is 17.5. The van der Waals surface area contributed by atoms with Gasteiger partial charge >= 0.3 is 0 Å². The normalized spacial score (nSPS) is 18.9. The van der Waals surface area contributed by atoms with Crippen molar-refractivity contribution in [2.24, 2.45) is 0 Å². The Hall–Kier alpha value is -2.24. The fourth-order valence-corrected chi connectivity index (χ4v) is 3.78. The van der Waals surface area contributed by atoms with Gasteiger partial charge in [0.05, 0.1) is 13.2 Å². The van der Waals surface area contributed by atoms with Crippen LogP contribution in [0.3, 0.4) is 0 Å². The Morgan fingerprint density at radius 3 is 2.50 bits per heavy atom. The molecule has 2 atom stereocenters. The van der Waals surface area contributed by atoms with Gasteiger partial charge < -0.3 is 19.9 Å². The van der Waals surface area contributed by atoms with Crippen molar-refractivity contribution in [2.75, 3.05) is 26.7 Å². The van der Waals surface area contributed by atoms with Crippen molar-refractivity contribution in [1.29, 1.82) is 0 Å². The quantitative estimate of drug-likeness (QED) is 0.782. The van der Waals surface area contributed by atoms with Crippen LogP contribution >= 0.6 is 0 Å². The molecule has 2 aromatic rings. The molecule has 2 unspecified atom stereocenters. The summed E-state index contributed by atoms with van der Waals surface area (Å²) in [4.78, 5) is 2.39. The lowest BCUT2D eigenvalue weighted by molar-refractivity contribution is -0.00643. The van der Waals surface area contributed by atoms with E-state index >= 15 is 0 Å². The average Bonchev–Trinajstić information content (AvgIpc) is 2.70. The van der Waals surface area contributed by atoms with Gasteiger partial charge in [0.1, 0.15) is 23.5 Å². The molecule has 0 amide bonds. The summed E-state index contributed by atoms with van der Waals surface area (Å²) < 4.78 is 11.7. The molecule has 0 aliphatic carbocycles. The number of methoxy groups -OCH3 is 1. The van der Waals surface area contributed by atoms with E-state index in [-0.39, 0.29) is 18.2 Å². The minimum atomic E-state index is -0.0874. The highest BCUT2D eigenvalue weighted by Crippen LogP contribution is 2.35. The molecule has 0 spiro atoms. The first-order valence-electron chi connectivity index (χ1n) is 10.0. The van der Waals surface area contributed by atoms with Crippen LogP contribution in [0.25, 0.3) is 0 Å². The van der Waals surface area contributed by atoms with Crippen molar-refractivity contribution in [1.82, 2.24) is 10.2 Å². The summed E-state index contributed by atoms with van der Waals surface area (Å²) >= 11 is 0. The predicted molar refractivity (Wildman–Crippen MR) is 112 cm³/mol. The summed E-state index contributed by atoms with van der Waals surface area (Å²) in [5, 5.41) is 13.6. The third-order valence-electron chi connectivity index (χ3n) is 5.50. The number of nitrogens with zero attached hydrogens (tertiary/aromatic N) is 1. The van der Waals surface area contributed by atoms with Gasteiger partial charge in [0, 0.05) is 25.2 Å². The van der Waals surface area contributed by atoms with E-state index in [4.69, 9.17) is 9.47 Å². The molecular formula is C23H32N2O3. The summed E-state index contributed by atoms with van der Waals surface area (Å²) in [5.74, 6) is 2.31. The molecule has 1 aliphatic rings. The monoisotopic (exact) mass is 384 g/mol. The van der Waals surface area contributed by atoms with Gasteiger partial charge in [-0.2, -0.15) is 0 Å². The summed E-state index contributed by atoms with van der Waals surface area (Å²) in [6.07, 6.45) is -0.0874. The minimum Gasteiger partial charge on any atom is -0.508 e. The summed E-state index contributed by atoms with van der Waals surface area (Å²) in [6, 6.07) is 12.3. The number of hydrogen-bond acceptors (Lipinski definition) is 5. The Labute approximate surface area is 168 Å². The van der Waals surface area contributed by atoms with Gasteiger partial charge in [-0.3, -0.25) is 4.90 Å². The summed E-state index contributed by atoms with van der Waals surface area (Å²) in [6.45, 7) is 11.0. The number of phenols is 1. The lowest BCUT2D eigenvalue weighted by Crippen LogP contribution is -2.51. The zero-order chi connectivity index (χ0) is 20.3. The van der Waals surface area contributed by atoms with Crippen LogP contribution < -0.4 is 14.8 Å². The topological polar surface area (TPSA) is 54.0 Å². The van der Waals surface area contributed by atoms with Crippen LogP contribution in [-0.2, 0) is 0 Å². The standard InChI is InChI=1S/C23H32N2O3/c1-15(2)20-13-22(26)16(3)12-23(20)28-17(4)25-11-10-24-14-21(25)18-6-8-19(27-5)9-7-18/h6-9,12-13,15,17,21,24,26H,10-11,14H2,1-5H3. The molecule has 28 heavy (non-hydrogen) atoms. The second-order valence-electron chi connectivity index (χ2n) is 7.78. The molecule has 2 aromatic carbocycles. The highest BCUT2D eigenvalue weighted by atomic mass is 16.5. The molecule has 0 bridgehead atoms. The molecule has 5 nitrogen and oxygen atoms in total. The van der Waals surface area contributed by atoms with Crippen molar-refractivity contribution in [2.45, 2.75) is 45.9 Å². The number of piperazine rings is 1. The Kier molecular flexibility index (Phi) is 6.47. The van der Waals surface area contributed by atoms with Crippen molar-refractivity contribution in [3.8, 4) is 17.2 Å². The summed E-state index contributed by atoms with van der Waals surface area (Å²) in [5.41, 5.74) is 3.11. The lowest BCUT2D eigenvalue weighted by Gasteiger charge is -2.40. The SMILES string of the molecule is COc1ccc(C2CNCCN2C(C)Oc2cc(C)c(O)cc2C(C)C)cc1. The van der Waals surface area contributed by atoms with E-state index in [1.54, 1.807) is 7.11 Å². The van der Waals surface area contributed by atoms with Crippen LogP contribution in [0.2, 0.25) is 0 Å². The molecule has 1 saturated heterocycles. The van der Waals surface area contributed by atoms with Gasteiger partial charge in [0.2, 0.25) is 0 Å². The van der Waals surface area contributed by atoms with Crippen molar-refractivity contribution < 1.29 is 14.6 Å². The van der Waals surface area contributed by atoms with Gasteiger partial charge in [0.25, 0.3) is 0 Å². The number of aromatic hydroxyl groups is 1. The van der Waals surface area contributed by atoms with Crippen molar-refractivity contribution >= 4 is 0 Å². The molecule has 0 saturated carbocycles. The minimum absolute atomic E-state index is 0.0874. The average molecular weight is 385 g/mol. The second-order valence-corrected chi connectivity index (χ2v) is 7.78. The number of benzene rings is 2. The van der Waals surface area contributed by atoms with E-state index in [1.165, 1.54) is 5.56 Å². The largest absolute Gasteiger partial charge is 0.508 e. The molecule has 1 aliphatic heterocycles. The Balaban J connectivity index is 1.83. The fourth-order valence-electron chi connectivity index (χ4n) is 3.78. The maximum Gasteiger partial charge on any atom is 0.150 e. The van der Waals surface area contributed by atoms with Crippen molar-refractivity contribution in [3.63, 3.8) is 0 Å². The molecule has 152 valence electrons. The van der Waals surface area contributed by atoms with E-state index in [1.807, 2.05) is 31.2 Å². The van der Waals surface area contributed by atoms with Gasteiger partial charge in [-0.05, 0) is 55.2 Å². The number of rotatable bonds is 6. The second kappa shape index (κ2) is 8.84. The number of aryl methyl sites for hydroxylation is 1. The molecule has 0 aromatic heterocycles. The molecule has 5 heteroatoms. The van der Waals surface area contributed by atoms with Gasteiger partial charge in [-0.15, -0.1) is 0 Å². The highest BCUT2D eigenvalue weighted by molar-refractivity contribution is 5.46. The Morgan fingerprint density at radius 2 is 1.86 bits per heavy atom. The van der Waals surface area contributed by atoms with Gasteiger partial charge in [-0.25, -0.2) is 0 Å². The van der Waals surface area contributed by atoms with Gasteiger partial charge in [-0.1, -0.05) is 26.0 Å². The van der Waals surface area contributed by atoms with Crippen LogP contribution in [0.4, 0.5) is 0 Å². The first-order valence-corrected chi connectivity index (χ1v) is 10.0. The lowest BCUT2D eigenvalue weighted by atomic mass is 9.99. The molecule has 3 rings (SSSR count). The third kappa shape index (κ3) is 4.42. The van der Waals surface area contributed by atoms with Crippen LogP contribution in [0.15, 0.2) is 36.4 Å². The van der Waals surface area contributed by atoms with Crippen LogP contribution in [0.5, 0.6) is 17.2 Å². The maximum atomic E-state index is 10.1. The number of hydrogen-bond donors (Lipinski definition) is 2. The molecular weight excluding hydrogens is 352 g/mol. The number of nitrogens with one attached hydrogen (secondary N) is 1. The molecule has 0 radical (unpaired) electrons. The zero-order valence-corrected chi connectivity index (χ0v) is 17.5. The third-order valence-corrected chi connectivity index (χ3v) is 5.50. The molecule has 1 fully saturated rings. The van der Waals surface area contributed by atoms with Crippen LogP contribution in [-0.4, -0.2) is 43.0 Å². The highest BCUT2D eigenvalue weighted by Gasteiger charge is 2.29. The molecule has 2 N–H and O–H groups in total. The number of ether oxygens (including phenoxy) is 2. The predicted octanol–water partition coefficient (Wildman–Crippen LogP) is 4.20. The van der Waals surface area contributed by atoms with E-state index in [2.05, 4.69) is 43.1 Å². The summed E-state index contributed by atoms with van der Waals surface area (Å²) in [7, 11) is 1.69. The Morgan fingerprint density at radius 1 is 1.14 bits per heavy atom. The van der Waals surface area contributed by atoms with Crippen LogP contribution in [0.1, 0.15) is 49.4 Å². The maximum absolute atomic E-state index is 10.1. The van der Waals surface area contributed by atoms with E-state index in [0.717, 1.165) is 42.3 Å². The smallest absolute Gasteiger partial charge is 0.150 e. The van der Waals surface area contributed by atoms with Crippen LogP contribution in [0, 0.1) is 6.92 Å². The van der Waals surface area contributed by atoms with E-state index in [9.17, 15) is 5.11 Å². The van der Waals surface area contributed by atoms with E-state index in [0.29, 0.717) is 5.75 Å². The first-order chi connectivity index (χ1) is 13.4. The fraction of sp³-hybridized carbons (Fsp3) is 0.478.